The van der Waals surface area contributed by atoms with Crippen LogP contribution >= 0.6 is 19.3 Å². The Labute approximate surface area is 248 Å². The van der Waals surface area contributed by atoms with Crippen molar-refractivity contribution in [2.45, 2.75) is 71.2 Å². The Bertz CT molecular complexity index is 1520. The molecule has 0 saturated carbocycles. The lowest BCUT2D eigenvalue weighted by molar-refractivity contribution is -0.149. The van der Waals surface area contributed by atoms with Crippen molar-refractivity contribution in [3.8, 4) is 16.9 Å². The topological polar surface area (TPSA) is 118 Å². The highest BCUT2D eigenvalue weighted by Crippen LogP contribution is 2.47. The summed E-state index contributed by atoms with van der Waals surface area (Å²) in [5.74, 6) is -0.465. The first kappa shape index (κ1) is 31.8. The molecular formula is C29H34ClFN3O7P. The summed E-state index contributed by atoms with van der Waals surface area (Å²) in [6.45, 7) is 7.44. The minimum absolute atomic E-state index is 0.155. The lowest BCUT2D eigenvalue weighted by Crippen LogP contribution is -2.36. The van der Waals surface area contributed by atoms with Crippen molar-refractivity contribution in [3.05, 3.63) is 82.0 Å². The number of esters is 1. The number of ether oxygens (including phenoxy) is 2. The van der Waals surface area contributed by atoms with Gasteiger partial charge in [-0.2, -0.15) is 10.1 Å². The summed E-state index contributed by atoms with van der Waals surface area (Å²) in [5, 5.41) is 3.19. The summed E-state index contributed by atoms with van der Waals surface area (Å²) in [7, 11) is -4.25. The first-order chi connectivity index (χ1) is 19.7. The quantitative estimate of drug-likeness (QED) is 0.202. The van der Waals surface area contributed by atoms with Crippen molar-refractivity contribution in [3.63, 3.8) is 0 Å². The van der Waals surface area contributed by atoms with Gasteiger partial charge in [0.15, 0.2) is 11.9 Å². The van der Waals surface area contributed by atoms with E-state index in [0.717, 1.165) is 15.7 Å². The lowest BCUT2D eigenvalue weighted by atomic mass is 10.0. The molecule has 1 aliphatic heterocycles. The maximum absolute atomic E-state index is 15.5. The number of halogens is 2. The highest BCUT2D eigenvalue weighted by Gasteiger charge is 2.48. The number of carbonyl (C=O) groups excluding carboxylic acids is 1. The predicted octanol–water partition coefficient (Wildman–Crippen LogP) is 6.02. The van der Waals surface area contributed by atoms with E-state index >= 15 is 4.39 Å². The highest BCUT2D eigenvalue weighted by molar-refractivity contribution is 7.52. The van der Waals surface area contributed by atoms with Crippen LogP contribution in [-0.4, -0.2) is 46.0 Å². The molecule has 226 valence electrons. The van der Waals surface area contributed by atoms with Gasteiger partial charge in [0.2, 0.25) is 0 Å². The SMILES string of the molecule is Cc1ccn(C2OC(COP(=O)(NC(C)C(=O)OC(C)C)Oc3ccc(-c4cccc(Cl)c4)cc3)CC2(C)F)c(=O)n1. The minimum atomic E-state index is -4.25. The lowest BCUT2D eigenvalue weighted by Gasteiger charge is -2.24. The summed E-state index contributed by atoms with van der Waals surface area (Å²) in [4.78, 5) is 28.7. The molecule has 1 aliphatic rings. The second kappa shape index (κ2) is 13.1. The first-order valence-corrected chi connectivity index (χ1v) is 15.4. The molecule has 3 aromatic rings. The number of hydrogen-bond acceptors (Lipinski definition) is 8. The van der Waals surface area contributed by atoms with E-state index in [9.17, 15) is 14.2 Å². The van der Waals surface area contributed by atoms with E-state index in [1.165, 1.54) is 20.0 Å². The Kier molecular flexibility index (Phi) is 9.90. The van der Waals surface area contributed by atoms with Crippen molar-refractivity contribution in [2.24, 2.45) is 0 Å². The van der Waals surface area contributed by atoms with E-state index in [-0.39, 0.29) is 18.8 Å². The molecule has 1 fully saturated rings. The highest BCUT2D eigenvalue weighted by atomic mass is 35.5. The van der Waals surface area contributed by atoms with Gasteiger partial charge in [-0.05, 0) is 76.1 Å². The van der Waals surface area contributed by atoms with Crippen molar-refractivity contribution in [2.75, 3.05) is 6.61 Å². The van der Waals surface area contributed by atoms with E-state index in [1.807, 2.05) is 18.2 Å². The van der Waals surface area contributed by atoms with Gasteiger partial charge >= 0.3 is 19.4 Å². The third kappa shape index (κ3) is 8.05. The third-order valence-electron chi connectivity index (χ3n) is 6.41. The van der Waals surface area contributed by atoms with Gasteiger partial charge in [-0.25, -0.2) is 13.8 Å². The van der Waals surface area contributed by atoms with Gasteiger partial charge in [0.05, 0.1) is 18.8 Å². The molecule has 10 nitrogen and oxygen atoms in total. The molecule has 0 aliphatic carbocycles. The van der Waals surface area contributed by atoms with E-state index in [2.05, 4.69) is 10.1 Å². The maximum Gasteiger partial charge on any atom is 0.459 e. The number of benzene rings is 2. The van der Waals surface area contributed by atoms with Gasteiger partial charge in [0, 0.05) is 23.3 Å². The second-order valence-corrected chi connectivity index (χ2v) is 12.7. The number of aromatic nitrogens is 2. The fraction of sp³-hybridized carbons (Fsp3) is 0.414. The fourth-order valence-electron chi connectivity index (χ4n) is 4.46. The Balaban J connectivity index is 1.51. The molecule has 1 saturated heterocycles. The molecular weight excluding hydrogens is 588 g/mol. The summed E-state index contributed by atoms with van der Waals surface area (Å²) < 4.78 is 53.1. The van der Waals surface area contributed by atoms with Crippen LogP contribution in [-0.2, 0) is 23.4 Å². The molecule has 5 atom stereocenters. The average Bonchev–Trinajstić information content (AvgIpc) is 3.21. The maximum atomic E-state index is 15.5. The molecule has 42 heavy (non-hydrogen) atoms. The summed E-state index contributed by atoms with van der Waals surface area (Å²) in [5.41, 5.74) is -0.389. The zero-order chi connectivity index (χ0) is 30.7. The molecule has 1 aromatic heterocycles. The van der Waals surface area contributed by atoms with Gasteiger partial charge in [0.25, 0.3) is 0 Å². The molecule has 0 radical (unpaired) electrons. The van der Waals surface area contributed by atoms with Crippen LogP contribution in [0.1, 0.15) is 46.0 Å². The molecule has 4 rings (SSSR count). The summed E-state index contributed by atoms with van der Waals surface area (Å²) in [6, 6.07) is 14.5. The van der Waals surface area contributed by atoms with Crippen LogP contribution in [0.2, 0.25) is 5.02 Å². The van der Waals surface area contributed by atoms with Gasteiger partial charge in [0.1, 0.15) is 11.8 Å². The van der Waals surface area contributed by atoms with Gasteiger partial charge in [-0.1, -0.05) is 35.9 Å². The zero-order valence-electron chi connectivity index (χ0n) is 24.0. The standard InChI is InChI=1S/C29H34ClFN3O7P/c1-18(2)39-26(35)20(4)33-42(37,41-24-11-9-21(10-12-24)22-7-6-8-23(30)15-22)38-17-25-16-29(5,31)27(40-25)34-14-13-19(3)32-28(34)36/h6-15,18,20,25,27H,16-17H2,1-5H3,(H,33,37). The Morgan fingerprint density at radius 2 is 1.93 bits per heavy atom. The monoisotopic (exact) mass is 621 g/mol. The molecule has 0 bridgehead atoms. The van der Waals surface area contributed by atoms with E-state index in [0.29, 0.717) is 10.7 Å². The van der Waals surface area contributed by atoms with Crippen molar-refractivity contribution in [1.82, 2.24) is 14.6 Å². The fourth-order valence-corrected chi connectivity index (χ4v) is 6.17. The number of hydrogen-bond donors (Lipinski definition) is 1. The third-order valence-corrected chi connectivity index (χ3v) is 8.29. The van der Waals surface area contributed by atoms with Gasteiger partial charge in [-0.15, -0.1) is 0 Å². The average molecular weight is 622 g/mol. The molecule has 0 amide bonds. The van der Waals surface area contributed by atoms with Crippen LogP contribution in [0.15, 0.2) is 65.6 Å². The normalized spacial score (nSPS) is 22.5. The smallest absolute Gasteiger partial charge is 0.459 e. The summed E-state index contributed by atoms with van der Waals surface area (Å²) >= 11 is 6.10. The van der Waals surface area contributed by atoms with Crippen molar-refractivity contribution in [1.29, 1.82) is 0 Å². The molecule has 0 spiro atoms. The molecule has 1 N–H and O–H groups in total. The number of aryl methyl sites for hydroxylation is 1. The second-order valence-electron chi connectivity index (χ2n) is 10.6. The van der Waals surface area contributed by atoms with Crippen LogP contribution in [0.4, 0.5) is 4.39 Å². The van der Waals surface area contributed by atoms with E-state index in [1.54, 1.807) is 57.2 Å². The molecule has 2 aromatic carbocycles. The van der Waals surface area contributed by atoms with Crippen LogP contribution in [0.3, 0.4) is 0 Å². The number of nitrogens with one attached hydrogen (secondary N) is 1. The number of nitrogens with zero attached hydrogens (tertiary/aromatic N) is 2. The van der Waals surface area contributed by atoms with Crippen LogP contribution < -0.4 is 15.3 Å². The Hall–Kier alpha value is -3.08. The van der Waals surface area contributed by atoms with Crippen molar-refractivity contribution < 1.29 is 32.3 Å². The number of alkyl halides is 1. The van der Waals surface area contributed by atoms with Gasteiger partial charge < -0.3 is 14.0 Å². The number of carbonyl (C=O) groups is 1. The summed E-state index contributed by atoms with van der Waals surface area (Å²) in [6.07, 6.45) is -1.29. The van der Waals surface area contributed by atoms with E-state index in [4.69, 9.17) is 30.1 Å². The largest absolute Gasteiger partial charge is 0.462 e. The first-order valence-electron chi connectivity index (χ1n) is 13.4. The van der Waals surface area contributed by atoms with Crippen LogP contribution in [0.25, 0.3) is 11.1 Å². The Morgan fingerprint density at radius 1 is 1.21 bits per heavy atom. The Morgan fingerprint density at radius 3 is 2.57 bits per heavy atom. The van der Waals surface area contributed by atoms with E-state index < -0.39 is 49.6 Å². The van der Waals surface area contributed by atoms with Crippen LogP contribution in [0.5, 0.6) is 5.75 Å². The molecule has 13 heteroatoms. The van der Waals surface area contributed by atoms with Crippen LogP contribution in [0, 0.1) is 6.92 Å². The zero-order valence-corrected chi connectivity index (χ0v) is 25.6. The predicted molar refractivity (Wildman–Crippen MR) is 156 cm³/mol. The van der Waals surface area contributed by atoms with Crippen molar-refractivity contribution >= 4 is 25.3 Å². The minimum Gasteiger partial charge on any atom is -0.462 e. The molecule has 5 unspecified atom stereocenters. The van der Waals surface area contributed by atoms with Gasteiger partial charge in [-0.3, -0.25) is 13.9 Å². The number of rotatable bonds is 11. The molecule has 2 heterocycles.